The van der Waals surface area contributed by atoms with E-state index >= 15 is 0 Å². The molecule has 150 valence electrons. The van der Waals surface area contributed by atoms with Gasteiger partial charge < -0.3 is 15.2 Å². The van der Waals surface area contributed by atoms with Crippen molar-refractivity contribution in [2.75, 3.05) is 11.1 Å². The zero-order valence-corrected chi connectivity index (χ0v) is 16.7. The molecule has 0 radical (unpaired) electrons. The van der Waals surface area contributed by atoms with Gasteiger partial charge in [0.15, 0.2) is 10.9 Å². The minimum absolute atomic E-state index is 0.0271. The van der Waals surface area contributed by atoms with E-state index in [9.17, 15) is 14.7 Å². The SMILES string of the molecule is CCCn1c(SCC(=O)Nc2ccccc2Oc2ccccc2)nc(O)cc1=O. The second kappa shape index (κ2) is 9.79. The maximum absolute atomic E-state index is 12.5. The molecule has 0 aliphatic carbocycles. The van der Waals surface area contributed by atoms with Gasteiger partial charge in [-0.15, -0.1) is 0 Å². The van der Waals surface area contributed by atoms with Crippen LogP contribution in [0.4, 0.5) is 5.69 Å². The number of rotatable bonds is 8. The van der Waals surface area contributed by atoms with Gasteiger partial charge in [-0.1, -0.05) is 49.0 Å². The lowest BCUT2D eigenvalue weighted by Crippen LogP contribution is -2.23. The van der Waals surface area contributed by atoms with Gasteiger partial charge in [-0.3, -0.25) is 14.2 Å². The molecule has 1 heterocycles. The predicted octanol–water partition coefficient (Wildman–Crippen LogP) is 3.88. The molecule has 3 rings (SSSR count). The van der Waals surface area contributed by atoms with Gasteiger partial charge in [0.1, 0.15) is 5.75 Å². The molecule has 2 N–H and O–H groups in total. The monoisotopic (exact) mass is 411 g/mol. The van der Waals surface area contributed by atoms with Gasteiger partial charge in [0, 0.05) is 6.54 Å². The highest BCUT2D eigenvalue weighted by molar-refractivity contribution is 7.99. The molecule has 0 bridgehead atoms. The Hall–Kier alpha value is -3.26. The van der Waals surface area contributed by atoms with Crippen molar-refractivity contribution in [3.05, 3.63) is 71.0 Å². The van der Waals surface area contributed by atoms with Crippen molar-refractivity contribution in [2.45, 2.75) is 25.0 Å². The first-order valence-corrected chi connectivity index (χ1v) is 10.1. The number of nitrogens with zero attached hydrogens (tertiary/aromatic N) is 2. The molecule has 1 aromatic heterocycles. The van der Waals surface area contributed by atoms with Gasteiger partial charge >= 0.3 is 0 Å². The number of carbonyl (C=O) groups excluding carboxylic acids is 1. The molecule has 1 amide bonds. The number of hydrogen-bond acceptors (Lipinski definition) is 6. The Morgan fingerprint density at radius 3 is 2.66 bits per heavy atom. The molecular weight excluding hydrogens is 390 g/mol. The van der Waals surface area contributed by atoms with Crippen molar-refractivity contribution >= 4 is 23.4 Å². The van der Waals surface area contributed by atoms with Crippen LogP contribution in [0.1, 0.15) is 13.3 Å². The summed E-state index contributed by atoms with van der Waals surface area (Å²) in [6.45, 7) is 2.40. The fraction of sp³-hybridized carbons (Fsp3) is 0.190. The van der Waals surface area contributed by atoms with Crippen molar-refractivity contribution < 1.29 is 14.6 Å². The van der Waals surface area contributed by atoms with E-state index in [-0.39, 0.29) is 23.1 Å². The van der Waals surface area contributed by atoms with Gasteiger partial charge in [0.25, 0.3) is 5.56 Å². The minimum atomic E-state index is -0.355. The van der Waals surface area contributed by atoms with Gasteiger partial charge in [0.05, 0.1) is 17.5 Å². The summed E-state index contributed by atoms with van der Waals surface area (Å²) < 4.78 is 7.29. The highest BCUT2D eigenvalue weighted by atomic mass is 32.2. The topological polar surface area (TPSA) is 93.5 Å². The number of carbonyl (C=O) groups is 1. The zero-order valence-electron chi connectivity index (χ0n) is 15.9. The van der Waals surface area contributed by atoms with Crippen LogP contribution in [0.25, 0.3) is 0 Å². The average molecular weight is 411 g/mol. The number of amides is 1. The Kier molecular flexibility index (Phi) is 6.91. The lowest BCUT2D eigenvalue weighted by molar-refractivity contribution is -0.113. The fourth-order valence-electron chi connectivity index (χ4n) is 2.60. The molecule has 8 heteroatoms. The average Bonchev–Trinajstić information content (AvgIpc) is 2.71. The number of anilines is 1. The molecule has 0 unspecified atom stereocenters. The van der Waals surface area contributed by atoms with Crippen LogP contribution in [-0.2, 0) is 11.3 Å². The minimum Gasteiger partial charge on any atom is -0.493 e. The Bertz CT molecular complexity index is 1040. The van der Waals surface area contributed by atoms with E-state index in [0.717, 1.165) is 24.2 Å². The summed E-state index contributed by atoms with van der Waals surface area (Å²) in [6, 6.07) is 17.5. The van der Waals surface area contributed by atoms with E-state index in [1.54, 1.807) is 18.2 Å². The quantitative estimate of drug-likeness (QED) is 0.432. The number of para-hydroxylation sites is 3. The Balaban J connectivity index is 1.69. The van der Waals surface area contributed by atoms with Crippen molar-refractivity contribution in [3.63, 3.8) is 0 Å². The molecule has 3 aromatic rings. The summed E-state index contributed by atoms with van der Waals surface area (Å²) in [6.07, 6.45) is 0.732. The van der Waals surface area contributed by atoms with Crippen LogP contribution >= 0.6 is 11.8 Å². The summed E-state index contributed by atoms with van der Waals surface area (Å²) in [5.74, 6) is 0.581. The van der Waals surface area contributed by atoms with Gasteiger partial charge in [-0.25, -0.2) is 0 Å². The van der Waals surface area contributed by atoms with E-state index in [1.165, 1.54) is 4.57 Å². The van der Waals surface area contributed by atoms with Crippen LogP contribution in [0.5, 0.6) is 17.4 Å². The van der Waals surface area contributed by atoms with Crippen molar-refractivity contribution in [1.82, 2.24) is 9.55 Å². The maximum Gasteiger partial charge on any atom is 0.257 e. The Morgan fingerprint density at radius 1 is 1.17 bits per heavy atom. The molecule has 0 aliphatic heterocycles. The second-order valence-corrected chi connectivity index (χ2v) is 7.08. The summed E-state index contributed by atoms with van der Waals surface area (Å²) in [7, 11) is 0. The largest absolute Gasteiger partial charge is 0.493 e. The third-order valence-corrected chi connectivity index (χ3v) is 4.85. The lowest BCUT2D eigenvalue weighted by atomic mass is 10.3. The first-order valence-electron chi connectivity index (χ1n) is 9.12. The van der Waals surface area contributed by atoms with Crippen molar-refractivity contribution in [2.24, 2.45) is 0 Å². The molecule has 0 fully saturated rings. The summed E-state index contributed by atoms with van der Waals surface area (Å²) in [5.41, 5.74) is 0.195. The first kappa shape index (κ1) is 20.5. The van der Waals surface area contributed by atoms with E-state index in [1.807, 2.05) is 43.3 Å². The Labute approximate surface area is 172 Å². The molecule has 0 aliphatic rings. The predicted molar refractivity (Wildman–Crippen MR) is 113 cm³/mol. The maximum atomic E-state index is 12.5. The number of hydrogen-bond donors (Lipinski definition) is 2. The number of thioether (sulfide) groups is 1. The number of aromatic nitrogens is 2. The third-order valence-electron chi connectivity index (χ3n) is 3.87. The van der Waals surface area contributed by atoms with Crippen LogP contribution in [0.15, 0.2) is 70.6 Å². The molecule has 7 nitrogen and oxygen atoms in total. The fourth-order valence-corrected chi connectivity index (χ4v) is 3.43. The normalized spacial score (nSPS) is 10.5. The van der Waals surface area contributed by atoms with E-state index < -0.39 is 0 Å². The number of ether oxygens (including phenoxy) is 1. The smallest absolute Gasteiger partial charge is 0.257 e. The number of nitrogens with one attached hydrogen (secondary N) is 1. The van der Waals surface area contributed by atoms with Crippen molar-refractivity contribution in [3.8, 4) is 17.4 Å². The van der Waals surface area contributed by atoms with Crippen LogP contribution in [-0.4, -0.2) is 26.3 Å². The standard InChI is InChI=1S/C21H21N3O4S/c1-2-12-24-20(27)13-18(25)23-21(24)29-14-19(26)22-16-10-6-7-11-17(16)28-15-8-4-3-5-9-15/h3-11,13,25H,2,12,14H2,1H3,(H,22,26). The number of aromatic hydroxyl groups is 1. The molecule has 29 heavy (non-hydrogen) atoms. The van der Waals surface area contributed by atoms with Crippen LogP contribution in [0, 0.1) is 0 Å². The molecule has 0 atom stereocenters. The summed E-state index contributed by atoms with van der Waals surface area (Å²) >= 11 is 1.09. The van der Waals surface area contributed by atoms with Crippen molar-refractivity contribution in [1.29, 1.82) is 0 Å². The summed E-state index contributed by atoms with van der Waals surface area (Å²) in [5, 5.41) is 12.7. The van der Waals surface area contributed by atoms with E-state index in [4.69, 9.17) is 4.74 Å². The van der Waals surface area contributed by atoms with Gasteiger partial charge in [0.2, 0.25) is 11.8 Å². The zero-order chi connectivity index (χ0) is 20.6. The number of benzene rings is 2. The van der Waals surface area contributed by atoms with Crippen LogP contribution < -0.4 is 15.6 Å². The van der Waals surface area contributed by atoms with E-state index in [0.29, 0.717) is 28.9 Å². The lowest BCUT2D eigenvalue weighted by Gasteiger charge is -2.13. The highest BCUT2D eigenvalue weighted by Gasteiger charge is 2.13. The highest BCUT2D eigenvalue weighted by Crippen LogP contribution is 2.29. The second-order valence-electron chi connectivity index (χ2n) is 6.13. The van der Waals surface area contributed by atoms with Gasteiger partial charge in [-0.05, 0) is 30.7 Å². The van der Waals surface area contributed by atoms with E-state index in [2.05, 4.69) is 10.3 Å². The molecule has 0 spiro atoms. The van der Waals surface area contributed by atoms with Crippen LogP contribution in [0.3, 0.4) is 0 Å². The van der Waals surface area contributed by atoms with Gasteiger partial charge in [-0.2, -0.15) is 4.98 Å². The third kappa shape index (κ3) is 5.61. The molecule has 2 aromatic carbocycles. The molecular formula is C21H21N3O4S. The summed E-state index contributed by atoms with van der Waals surface area (Å²) in [4.78, 5) is 28.5. The molecule has 0 saturated heterocycles. The first-order chi connectivity index (χ1) is 14.1. The Morgan fingerprint density at radius 2 is 1.90 bits per heavy atom. The molecule has 0 saturated carbocycles. The van der Waals surface area contributed by atoms with Crippen LogP contribution in [0.2, 0.25) is 0 Å².